The van der Waals surface area contributed by atoms with Crippen molar-refractivity contribution >= 4 is 5.57 Å². The first kappa shape index (κ1) is 8.85. The predicted molar refractivity (Wildman–Crippen MR) is 52.0 cm³/mol. The van der Waals surface area contributed by atoms with Crippen LogP contribution in [0, 0.1) is 0 Å². The Morgan fingerprint density at radius 1 is 1.42 bits per heavy atom. The van der Waals surface area contributed by atoms with Gasteiger partial charge in [-0.3, -0.25) is 0 Å². The highest BCUT2D eigenvalue weighted by molar-refractivity contribution is 5.69. The van der Waals surface area contributed by atoms with E-state index in [1.54, 1.807) is 6.07 Å². The second kappa shape index (κ2) is 3.96. The van der Waals surface area contributed by atoms with Crippen LogP contribution in [-0.4, -0.2) is 5.11 Å². The molecule has 0 aliphatic heterocycles. The molecule has 0 unspecified atom stereocenters. The van der Waals surface area contributed by atoms with E-state index in [1.807, 2.05) is 31.2 Å². The lowest BCUT2D eigenvalue weighted by Crippen LogP contribution is -1.82. The number of phenolic OH excluding ortho intramolecular Hbond substituents is 1. The van der Waals surface area contributed by atoms with Gasteiger partial charge in [-0.05, 0) is 25.0 Å². The molecule has 0 aliphatic rings. The summed E-state index contributed by atoms with van der Waals surface area (Å²) in [7, 11) is 0. The molecule has 0 saturated heterocycles. The van der Waals surface area contributed by atoms with Gasteiger partial charge in [0.1, 0.15) is 5.75 Å². The lowest BCUT2D eigenvalue weighted by atomic mass is 10.0. The van der Waals surface area contributed by atoms with Crippen molar-refractivity contribution in [1.29, 1.82) is 0 Å². The number of aromatic hydroxyl groups is 1. The van der Waals surface area contributed by atoms with Gasteiger partial charge in [0, 0.05) is 5.56 Å². The van der Waals surface area contributed by atoms with Crippen molar-refractivity contribution in [1.82, 2.24) is 0 Å². The number of allylic oxidation sites excluding steroid dienone is 2. The second-order valence-corrected chi connectivity index (χ2v) is 2.68. The van der Waals surface area contributed by atoms with Gasteiger partial charge in [-0.15, -0.1) is 0 Å². The van der Waals surface area contributed by atoms with E-state index in [2.05, 4.69) is 6.92 Å². The highest BCUT2D eigenvalue weighted by Crippen LogP contribution is 2.26. The van der Waals surface area contributed by atoms with E-state index >= 15 is 0 Å². The lowest BCUT2D eigenvalue weighted by Gasteiger charge is -2.05. The summed E-state index contributed by atoms with van der Waals surface area (Å²) in [5.74, 6) is 0.368. The molecule has 0 atom stereocenters. The average Bonchev–Trinajstić information content (AvgIpc) is 2.10. The summed E-state index contributed by atoms with van der Waals surface area (Å²) in [5, 5.41) is 9.50. The van der Waals surface area contributed by atoms with Crippen LogP contribution in [0.3, 0.4) is 0 Å². The first-order valence-electron chi connectivity index (χ1n) is 4.23. The van der Waals surface area contributed by atoms with Gasteiger partial charge in [0.05, 0.1) is 0 Å². The van der Waals surface area contributed by atoms with E-state index in [1.165, 1.54) is 5.57 Å². The van der Waals surface area contributed by atoms with E-state index in [0.29, 0.717) is 5.75 Å². The summed E-state index contributed by atoms with van der Waals surface area (Å²) < 4.78 is 0. The molecule has 0 aromatic heterocycles. The average molecular weight is 162 g/mol. The summed E-state index contributed by atoms with van der Waals surface area (Å²) >= 11 is 0. The Balaban J connectivity index is 3.10. The Bertz CT molecular complexity index is 287. The lowest BCUT2D eigenvalue weighted by molar-refractivity contribution is 0.473. The molecule has 12 heavy (non-hydrogen) atoms. The van der Waals surface area contributed by atoms with Crippen molar-refractivity contribution in [3.8, 4) is 5.75 Å². The van der Waals surface area contributed by atoms with Crippen molar-refractivity contribution in [3.63, 3.8) is 0 Å². The normalized spacial score (nSPS) is 11.7. The molecule has 1 aromatic carbocycles. The molecule has 0 saturated carbocycles. The highest BCUT2D eigenvalue weighted by atomic mass is 16.3. The zero-order valence-corrected chi connectivity index (χ0v) is 7.54. The molecule has 0 heterocycles. The second-order valence-electron chi connectivity index (χ2n) is 2.68. The van der Waals surface area contributed by atoms with E-state index in [4.69, 9.17) is 0 Å². The molecular weight excluding hydrogens is 148 g/mol. The molecule has 0 amide bonds. The molecule has 64 valence electrons. The maximum atomic E-state index is 9.50. The van der Waals surface area contributed by atoms with Gasteiger partial charge in [-0.2, -0.15) is 0 Å². The summed E-state index contributed by atoms with van der Waals surface area (Å²) in [6.45, 7) is 4.08. The quantitative estimate of drug-likeness (QED) is 0.708. The number of phenols is 1. The molecule has 1 rings (SSSR count). The van der Waals surface area contributed by atoms with Gasteiger partial charge in [-0.25, -0.2) is 0 Å². The number of rotatable bonds is 2. The molecule has 1 nitrogen and oxygen atoms in total. The highest BCUT2D eigenvalue weighted by Gasteiger charge is 2.01. The Hall–Kier alpha value is -1.24. The fourth-order valence-corrected chi connectivity index (χ4v) is 1.30. The van der Waals surface area contributed by atoms with Crippen molar-refractivity contribution in [2.24, 2.45) is 0 Å². The van der Waals surface area contributed by atoms with Crippen molar-refractivity contribution in [2.45, 2.75) is 20.3 Å². The van der Waals surface area contributed by atoms with E-state index in [0.717, 1.165) is 12.0 Å². The smallest absolute Gasteiger partial charge is 0.123 e. The van der Waals surface area contributed by atoms with Crippen molar-refractivity contribution in [2.75, 3.05) is 0 Å². The molecule has 1 N–H and O–H groups in total. The van der Waals surface area contributed by atoms with Gasteiger partial charge >= 0.3 is 0 Å². The Morgan fingerprint density at radius 3 is 2.58 bits per heavy atom. The fourth-order valence-electron chi connectivity index (χ4n) is 1.30. The van der Waals surface area contributed by atoms with Crippen LogP contribution in [-0.2, 0) is 0 Å². The zero-order chi connectivity index (χ0) is 8.97. The molecule has 0 bridgehead atoms. The third kappa shape index (κ3) is 1.67. The van der Waals surface area contributed by atoms with Gasteiger partial charge < -0.3 is 5.11 Å². The number of hydrogen-bond acceptors (Lipinski definition) is 1. The number of para-hydroxylation sites is 1. The van der Waals surface area contributed by atoms with Crippen LogP contribution in [0.5, 0.6) is 5.75 Å². The van der Waals surface area contributed by atoms with E-state index in [9.17, 15) is 5.11 Å². The van der Waals surface area contributed by atoms with E-state index in [-0.39, 0.29) is 0 Å². The summed E-state index contributed by atoms with van der Waals surface area (Å²) in [5.41, 5.74) is 2.13. The Morgan fingerprint density at radius 2 is 2.08 bits per heavy atom. The third-order valence-electron chi connectivity index (χ3n) is 1.98. The SMILES string of the molecule is C/C=C(/CC)c1ccccc1O. The maximum Gasteiger partial charge on any atom is 0.123 e. The van der Waals surface area contributed by atoms with Crippen LogP contribution in [0.4, 0.5) is 0 Å². The van der Waals surface area contributed by atoms with E-state index < -0.39 is 0 Å². The molecular formula is C11H14O. The Labute approximate surface area is 73.4 Å². The molecule has 0 radical (unpaired) electrons. The van der Waals surface area contributed by atoms with Gasteiger partial charge in [0.2, 0.25) is 0 Å². The summed E-state index contributed by atoms with van der Waals surface area (Å²) in [6.07, 6.45) is 2.99. The molecule has 1 heteroatoms. The minimum Gasteiger partial charge on any atom is -0.507 e. The topological polar surface area (TPSA) is 20.2 Å². The van der Waals surface area contributed by atoms with Gasteiger partial charge in [0.25, 0.3) is 0 Å². The molecule has 0 aliphatic carbocycles. The first-order valence-corrected chi connectivity index (χ1v) is 4.23. The maximum absolute atomic E-state index is 9.50. The van der Waals surface area contributed by atoms with Crippen LogP contribution >= 0.6 is 0 Å². The van der Waals surface area contributed by atoms with Crippen LogP contribution in [0.15, 0.2) is 30.3 Å². The van der Waals surface area contributed by atoms with Crippen molar-refractivity contribution < 1.29 is 5.11 Å². The zero-order valence-electron chi connectivity index (χ0n) is 7.54. The first-order chi connectivity index (χ1) is 5.79. The third-order valence-corrected chi connectivity index (χ3v) is 1.98. The minimum atomic E-state index is 0.368. The van der Waals surface area contributed by atoms with Gasteiger partial charge in [0.15, 0.2) is 0 Å². The largest absolute Gasteiger partial charge is 0.507 e. The summed E-state index contributed by atoms with van der Waals surface area (Å²) in [4.78, 5) is 0. The summed E-state index contributed by atoms with van der Waals surface area (Å²) in [6, 6.07) is 7.43. The number of hydrogen-bond donors (Lipinski definition) is 1. The van der Waals surface area contributed by atoms with Crippen LogP contribution < -0.4 is 0 Å². The standard InChI is InChI=1S/C11H14O/c1-3-9(4-2)10-7-5-6-8-11(10)12/h3,5-8,12H,4H2,1-2H3/b9-3-. The Kier molecular flexibility index (Phi) is 2.92. The van der Waals surface area contributed by atoms with Crippen LogP contribution in [0.1, 0.15) is 25.8 Å². The van der Waals surface area contributed by atoms with Crippen molar-refractivity contribution in [3.05, 3.63) is 35.9 Å². The van der Waals surface area contributed by atoms with Crippen LogP contribution in [0.2, 0.25) is 0 Å². The van der Waals surface area contributed by atoms with Gasteiger partial charge in [-0.1, -0.05) is 31.2 Å². The van der Waals surface area contributed by atoms with Crippen LogP contribution in [0.25, 0.3) is 5.57 Å². The molecule has 1 aromatic rings. The monoisotopic (exact) mass is 162 g/mol. The number of benzene rings is 1. The minimum absolute atomic E-state index is 0.368. The molecule has 0 fully saturated rings. The molecule has 0 spiro atoms. The fraction of sp³-hybridized carbons (Fsp3) is 0.273. The predicted octanol–water partition coefficient (Wildman–Crippen LogP) is 3.21.